The van der Waals surface area contributed by atoms with Crippen LogP contribution in [0.2, 0.25) is 0 Å². The highest BCUT2D eigenvalue weighted by atomic mass is 32.2. The minimum Gasteiger partial charge on any atom is -0.378 e. The summed E-state index contributed by atoms with van der Waals surface area (Å²) in [5.41, 5.74) is 12.0. The van der Waals surface area contributed by atoms with E-state index in [0.29, 0.717) is 11.1 Å². The number of hydrogen-bond donors (Lipinski definition) is 1. The van der Waals surface area contributed by atoms with Gasteiger partial charge in [-0.25, -0.2) is 4.99 Å². The second-order valence-electron chi connectivity index (χ2n) is 5.92. The highest BCUT2D eigenvalue weighted by Gasteiger charge is 2.02. The molecule has 22 heavy (non-hydrogen) atoms. The first-order valence-corrected chi connectivity index (χ1v) is 8.57. The number of benzene rings is 2. The minimum absolute atomic E-state index is 0.567. The van der Waals surface area contributed by atoms with Crippen LogP contribution >= 0.6 is 11.8 Å². The molecule has 3 heteroatoms. The molecule has 2 nitrogen and oxygen atoms in total. The predicted octanol–water partition coefficient (Wildman–Crippen LogP) is 5.31. The zero-order valence-corrected chi connectivity index (χ0v) is 14.6. The molecule has 0 aliphatic rings. The van der Waals surface area contributed by atoms with Crippen molar-refractivity contribution in [2.45, 2.75) is 39.4 Å². The van der Waals surface area contributed by atoms with E-state index in [1.165, 1.54) is 16.7 Å². The summed E-state index contributed by atoms with van der Waals surface area (Å²) in [7, 11) is 0. The van der Waals surface area contributed by atoms with Crippen LogP contribution in [0.15, 0.2) is 47.5 Å². The number of hydrogen-bond acceptors (Lipinski definition) is 2. The molecule has 2 rings (SSSR count). The van der Waals surface area contributed by atoms with Crippen LogP contribution in [0.4, 0.5) is 5.69 Å². The van der Waals surface area contributed by atoms with Crippen molar-refractivity contribution in [1.29, 1.82) is 0 Å². The zero-order valence-electron chi connectivity index (χ0n) is 13.8. The lowest BCUT2D eigenvalue weighted by molar-refractivity contribution is 0.866. The standard InChI is InChI=1S/C19H24N2S/c1-13(2)17-9-7-16(8-10-17)12-22-19(20)21-18-11-14(3)5-6-15(18)4/h5-11,13H,12H2,1-4H3,(H2,20,21). The topological polar surface area (TPSA) is 38.4 Å². The number of rotatable bonds is 4. The van der Waals surface area contributed by atoms with Gasteiger partial charge in [-0.15, -0.1) is 0 Å². The van der Waals surface area contributed by atoms with Gasteiger partial charge in [-0.2, -0.15) is 0 Å². The van der Waals surface area contributed by atoms with Crippen molar-refractivity contribution in [3.63, 3.8) is 0 Å². The molecule has 0 bridgehead atoms. The van der Waals surface area contributed by atoms with Gasteiger partial charge in [-0.05, 0) is 48.1 Å². The molecule has 0 unspecified atom stereocenters. The number of aliphatic imine (C=N–C) groups is 1. The molecule has 2 aromatic carbocycles. The molecule has 2 aromatic rings. The molecule has 0 aliphatic heterocycles. The molecular formula is C19H24N2S. The van der Waals surface area contributed by atoms with Crippen LogP contribution in [0.3, 0.4) is 0 Å². The maximum atomic E-state index is 6.06. The number of amidine groups is 1. The Morgan fingerprint density at radius 2 is 1.77 bits per heavy atom. The van der Waals surface area contributed by atoms with Crippen molar-refractivity contribution in [1.82, 2.24) is 0 Å². The largest absolute Gasteiger partial charge is 0.378 e. The van der Waals surface area contributed by atoms with E-state index in [-0.39, 0.29) is 0 Å². The molecule has 2 N–H and O–H groups in total. The van der Waals surface area contributed by atoms with Gasteiger partial charge in [0.15, 0.2) is 5.17 Å². The van der Waals surface area contributed by atoms with Gasteiger partial charge in [0, 0.05) is 5.75 Å². The van der Waals surface area contributed by atoms with Crippen LogP contribution in [-0.4, -0.2) is 5.17 Å². The third kappa shape index (κ3) is 4.63. The third-order valence-corrected chi connectivity index (χ3v) is 4.49. The molecular weight excluding hydrogens is 288 g/mol. The molecule has 0 atom stereocenters. The molecule has 0 saturated heterocycles. The molecule has 0 spiro atoms. The molecule has 0 aliphatic carbocycles. The average Bonchev–Trinajstić information content (AvgIpc) is 2.49. The van der Waals surface area contributed by atoms with E-state index < -0.39 is 0 Å². The quantitative estimate of drug-likeness (QED) is 0.614. The van der Waals surface area contributed by atoms with Gasteiger partial charge < -0.3 is 5.73 Å². The maximum Gasteiger partial charge on any atom is 0.159 e. The third-order valence-electron chi connectivity index (χ3n) is 3.63. The average molecular weight is 312 g/mol. The van der Waals surface area contributed by atoms with E-state index in [2.05, 4.69) is 75.2 Å². The lowest BCUT2D eigenvalue weighted by Gasteiger charge is -2.07. The first-order chi connectivity index (χ1) is 10.5. The molecule has 116 valence electrons. The SMILES string of the molecule is Cc1ccc(C)c(N=C(N)SCc2ccc(C(C)C)cc2)c1. The van der Waals surface area contributed by atoms with Crippen molar-refractivity contribution in [3.05, 3.63) is 64.7 Å². The van der Waals surface area contributed by atoms with Gasteiger partial charge in [-0.3, -0.25) is 0 Å². The van der Waals surface area contributed by atoms with Gasteiger partial charge in [0.25, 0.3) is 0 Å². The Labute approximate surface area is 137 Å². The number of nitrogens with two attached hydrogens (primary N) is 1. The zero-order chi connectivity index (χ0) is 16.1. The first-order valence-electron chi connectivity index (χ1n) is 7.59. The van der Waals surface area contributed by atoms with Gasteiger partial charge >= 0.3 is 0 Å². The monoisotopic (exact) mass is 312 g/mol. The summed E-state index contributed by atoms with van der Waals surface area (Å²) < 4.78 is 0. The molecule has 0 saturated carbocycles. The summed E-state index contributed by atoms with van der Waals surface area (Å²) in [5.74, 6) is 1.41. The summed E-state index contributed by atoms with van der Waals surface area (Å²) in [5, 5.41) is 0.613. The fourth-order valence-electron chi connectivity index (χ4n) is 2.15. The fourth-order valence-corrected chi connectivity index (χ4v) is 2.82. The van der Waals surface area contributed by atoms with Crippen LogP contribution in [-0.2, 0) is 5.75 Å². The smallest absolute Gasteiger partial charge is 0.159 e. The van der Waals surface area contributed by atoms with Crippen LogP contribution in [0.5, 0.6) is 0 Å². The Hall–Kier alpha value is -1.74. The molecule has 0 amide bonds. The lowest BCUT2D eigenvalue weighted by Crippen LogP contribution is -2.06. The van der Waals surface area contributed by atoms with E-state index in [9.17, 15) is 0 Å². The molecule has 0 fully saturated rings. The second-order valence-corrected chi connectivity index (χ2v) is 6.92. The van der Waals surface area contributed by atoms with E-state index >= 15 is 0 Å². The highest BCUT2D eigenvalue weighted by molar-refractivity contribution is 8.13. The predicted molar refractivity (Wildman–Crippen MR) is 99.0 cm³/mol. The first kappa shape index (κ1) is 16.6. The molecule has 0 radical (unpaired) electrons. The van der Waals surface area contributed by atoms with Crippen LogP contribution in [0.1, 0.15) is 42.0 Å². The Morgan fingerprint density at radius 3 is 2.41 bits per heavy atom. The Balaban J connectivity index is 2.01. The minimum atomic E-state index is 0.567. The summed E-state index contributed by atoms with van der Waals surface area (Å²) in [6, 6.07) is 15.0. The van der Waals surface area contributed by atoms with Gasteiger partial charge in [0.2, 0.25) is 0 Å². The van der Waals surface area contributed by atoms with Crippen LogP contribution in [0, 0.1) is 13.8 Å². The van der Waals surface area contributed by atoms with Crippen molar-refractivity contribution in [3.8, 4) is 0 Å². The van der Waals surface area contributed by atoms with Crippen molar-refractivity contribution in [2.24, 2.45) is 10.7 Å². The Kier molecular flexibility index (Phi) is 5.67. The highest BCUT2D eigenvalue weighted by Crippen LogP contribution is 2.22. The molecule has 0 heterocycles. The van der Waals surface area contributed by atoms with E-state index in [1.54, 1.807) is 11.8 Å². The Morgan fingerprint density at radius 1 is 1.09 bits per heavy atom. The normalized spacial score (nSPS) is 12.0. The summed E-state index contributed by atoms with van der Waals surface area (Å²) in [6.07, 6.45) is 0. The lowest BCUT2D eigenvalue weighted by atomic mass is 10.0. The van der Waals surface area contributed by atoms with Gasteiger partial charge in [0.1, 0.15) is 0 Å². The van der Waals surface area contributed by atoms with E-state index in [0.717, 1.165) is 17.0 Å². The number of nitrogens with zero attached hydrogens (tertiary/aromatic N) is 1. The van der Waals surface area contributed by atoms with Crippen molar-refractivity contribution >= 4 is 22.6 Å². The Bertz CT molecular complexity index is 658. The van der Waals surface area contributed by atoms with Crippen LogP contribution in [0.25, 0.3) is 0 Å². The summed E-state index contributed by atoms with van der Waals surface area (Å²) in [4.78, 5) is 4.54. The van der Waals surface area contributed by atoms with Crippen molar-refractivity contribution < 1.29 is 0 Å². The maximum absolute atomic E-state index is 6.06. The van der Waals surface area contributed by atoms with E-state index in [1.807, 2.05) is 0 Å². The summed E-state index contributed by atoms with van der Waals surface area (Å²) >= 11 is 1.58. The fraction of sp³-hybridized carbons (Fsp3) is 0.316. The number of aryl methyl sites for hydroxylation is 2. The second kappa shape index (κ2) is 7.50. The van der Waals surface area contributed by atoms with Crippen LogP contribution < -0.4 is 5.73 Å². The summed E-state index contributed by atoms with van der Waals surface area (Å²) in [6.45, 7) is 8.54. The van der Waals surface area contributed by atoms with Gasteiger partial charge in [0.05, 0.1) is 5.69 Å². The molecule has 0 aromatic heterocycles. The van der Waals surface area contributed by atoms with Crippen molar-refractivity contribution in [2.75, 3.05) is 0 Å². The van der Waals surface area contributed by atoms with Gasteiger partial charge in [-0.1, -0.05) is 62.0 Å². The van der Waals surface area contributed by atoms with E-state index in [4.69, 9.17) is 5.73 Å². The number of thioether (sulfide) groups is 1.